The van der Waals surface area contributed by atoms with Gasteiger partial charge in [-0.25, -0.2) is 4.79 Å². The van der Waals surface area contributed by atoms with Gasteiger partial charge < -0.3 is 24.6 Å². The van der Waals surface area contributed by atoms with Crippen LogP contribution in [-0.4, -0.2) is 66.3 Å². The van der Waals surface area contributed by atoms with E-state index in [0.717, 1.165) is 0 Å². The molecule has 17 heavy (non-hydrogen) atoms. The highest BCUT2D eigenvalue weighted by Gasteiger charge is 2.25. The molecular weight excluding hydrogens is 226 g/mol. The third-order valence-electron chi connectivity index (χ3n) is 2.27. The maximum Gasteiger partial charge on any atom is 0.407 e. The number of ether oxygens (including phenoxy) is 2. The fraction of sp³-hybridized carbons (Fsp3) is 0.909. The predicted molar refractivity (Wildman–Crippen MR) is 63.2 cm³/mol. The summed E-state index contributed by atoms with van der Waals surface area (Å²) in [6.45, 7) is 6.10. The predicted octanol–water partition coefficient (Wildman–Crippen LogP) is 0.789. The number of carboxylic acid groups (broad SMARTS) is 1. The zero-order chi connectivity index (χ0) is 13.5. The number of rotatable bonds is 7. The Morgan fingerprint density at radius 3 is 2.35 bits per heavy atom. The van der Waals surface area contributed by atoms with Crippen molar-refractivity contribution in [1.82, 2.24) is 4.90 Å². The molecule has 0 aromatic carbocycles. The molecule has 0 aliphatic heterocycles. The van der Waals surface area contributed by atoms with Crippen molar-refractivity contribution in [2.75, 3.05) is 33.5 Å². The van der Waals surface area contributed by atoms with E-state index in [-0.39, 0.29) is 19.8 Å². The van der Waals surface area contributed by atoms with Crippen molar-refractivity contribution < 1.29 is 24.5 Å². The van der Waals surface area contributed by atoms with E-state index in [2.05, 4.69) is 0 Å². The van der Waals surface area contributed by atoms with Crippen LogP contribution in [0.5, 0.6) is 0 Å². The normalized spacial score (nSPS) is 13.5. The molecular formula is C11H23NO5. The fourth-order valence-electron chi connectivity index (χ4n) is 1.37. The Balaban J connectivity index is 4.10. The lowest BCUT2D eigenvalue weighted by molar-refractivity contribution is -0.0403. The number of amides is 1. The smallest absolute Gasteiger partial charge is 0.407 e. The average Bonchev–Trinajstić information content (AvgIpc) is 2.20. The van der Waals surface area contributed by atoms with Gasteiger partial charge in [-0.2, -0.15) is 0 Å². The van der Waals surface area contributed by atoms with Gasteiger partial charge >= 0.3 is 6.09 Å². The van der Waals surface area contributed by atoms with Crippen LogP contribution in [0.1, 0.15) is 20.8 Å². The Morgan fingerprint density at radius 2 is 2.00 bits per heavy atom. The van der Waals surface area contributed by atoms with Crippen LogP contribution in [0.15, 0.2) is 0 Å². The number of carbonyl (C=O) groups is 1. The molecule has 0 rings (SSSR count). The minimum atomic E-state index is -0.978. The maximum absolute atomic E-state index is 11.0. The Morgan fingerprint density at radius 1 is 1.41 bits per heavy atom. The molecule has 2 N–H and O–H groups in total. The highest BCUT2D eigenvalue weighted by atomic mass is 16.5. The van der Waals surface area contributed by atoms with Crippen LogP contribution in [0, 0.1) is 0 Å². The third kappa shape index (κ3) is 6.45. The summed E-state index contributed by atoms with van der Waals surface area (Å²) >= 11 is 0. The Kier molecular flexibility index (Phi) is 7.10. The van der Waals surface area contributed by atoms with E-state index in [9.17, 15) is 4.79 Å². The molecule has 1 unspecified atom stereocenters. The van der Waals surface area contributed by atoms with Gasteiger partial charge in [0.15, 0.2) is 0 Å². The molecule has 0 aromatic rings. The van der Waals surface area contributed by atoms with Crippen LogP contribution in [0.3, 0.4) is 0 Å². The first kappa shape index (κ1) is 16.1. The van der Waals surface area contributed by atoms with E-state index in [1.807, 2.05) is 20.8 Å². The third-order valence-corrected chi connectivity index (χ3v) is 2.27. The molecule has 0 spiro atoms. The molecule has 1 amide bonds. The number of hydrogen-bond donors (Lipinski definition) is 2. The van der Waals surface area contributed by atoms with Crippen LogP contribution >= 0.6 is 0 Å². The van der Waals surface area contributed by atoms with Crippen molar-refractivity contribution in [1.29, 1.82) is 0 Å². The molecule has 0 heterocycles. The largest absolute Gasteiger partial charge is 0.465 e. The summed E-state index contributed by atoms with van der Waals surface area (Å²) in [6, 6.07) is 0. The number of aliphatic hydroxyl groups excluding tert-OH is 1. The summed E-state index contributed by atoms with van der Waals surface area (Å²) < 4.78 is 10.2. The van der Waals surface area contributed by atoms with Crippen molar-refractivity contribution in [2.45, 2.75) is 32.4 Å². The first-order valence-corrected chi connectivity index (χ1v) is 5.55. The standard InChI is InChI=1S/C11H23NO5/c1-11(2,3)12(10(14)15)5-6-17-9(7-13)8-16-4/h9,13H,5-8H2,1-4H3,(H,14,15). The van der Waals surface area contributed by atoms with E-state index >= 15 is 0 Å². The van der Waals surface area contributed by atoms with Gasteiger partial charge in [-0.15, -0.1) is 0 Å². The molecule has 0 radical (unpaired) electrons. The first-order chi connectivity index (χ1) is 7.82. The molecule has 0 aliphatic rings. The average molecular weight is 249 g/mol. The Labute approximate surface area is 102 Å². The van der Waals surface area contributed by atoms with Crippen molar-refractivity contribution in [3.8, 4) is 0 Å². The molecule has 0 saturated heterocycles. The second-order valence-electron chi connectivity index (χ2n) is 4.74. The number of hydrogen-bond acceptors (Lipinski definition) is 4. The second-order valence-corrected chi connectivity index (χ2v) is 4.74. The van der Waals surface area contributed by atoms with E-state index in [0.29, 0.717) is 6.61 Å². The topological polar surface area (TPSA) is 79.2 Å². The first-order valence-electron chi connectivity index (χ1n) is 5.55. The Hall–Kier alpha value is -0.850. The van der Waals surface area contributed by atoms with Crippen molar-refractivity contribution in [2.24, 2.45) is 0 Å². The summed E-state index contributed by atoms with van der Waals surface area (Å²) in [5.41, 5.74) is -0.467. The van der Waals surface area contributed by atoms with Gasteiger partial charge in [0.25, 0.3) is 0 Å². The summed E-state index contributed by atoms with van der Waals surface area (Å²) in [5, 5.41) is 18.0. The zero-order valence-corrected chi connectivity index (χ0v) is 11.0. The van der Waals surface area contributed by atoms with Crippen molar-refractivity contribution in [3.63, 3.8) is 0 Å². The molecule has 6 nitrogen and oxygen atoms in total. The van der Waals surface area contributed by atoms with Gasteiger partial charge in [0.1, 0.15) is 6.10 Å². The number of methoxy groups -OCH3 is 1. The summed E-state index contributed by atoms with van der Waals surface area (Å²) in [5.74, 6) is 0. The van der Waals surface area contributed by atoms with Gasteiger partial charge in [0, 0.05) is 19.2 Å². The molecule has 0 aliphatic carbocycles. The molecule has 6 heteroatoms. The molecule has 0 saturated carbocycles. The van der Waals surface area contributed by atoms with Gasteiger partial charge in [0.05, 0.1) is 19.8 Å². The van der Waals surface area contributed by atoms with E-state index < -0.39 is 17.7 Å². The number of aliphatic hydroxyl groups is 1. The summed E-state index contributed by atoms with van der Waals surface area (Å²) in [6.07, 6.45) is -1.39. The molecule has 0 aromatic heterocycles. The maximum atomic E-state index is 11.0. The van der Waals surface area contributed by atoms with Gasteiger partial charge in [-0.3, -0.25) is 0 Å². The SMILES string of the molecule is COCC(CO)OCCN(C(=O)O)C(C)(C)C. The zero-order valence-electron chi connectivity index (χ0n) is 11.0. The minimum Gasteiger partial charge on any atom is -0.465 e. The lowest BCUT2D eigenvalue weighted by Gasteiger charge is -2.33. The molecule has 1 atom stereocenters. The van der Waals surface area contributed by atoms with E-state index in [1.54, 1.807) is 0 Å². The molecule has 102 valence electrons. The van der Waals surface area contributed by atoms with Gasteiger partial charge in [0.2, 0.25) is 0 Å². The fourth-order valence-corrected chi connectivity index (χ4v) is 1.37. The van der Waals surface area contributed by atoms with Crippen LogP contribution in [0.2, 0.25) is 0 Å². The summed E-state index contributed by atoms with van der Waals surface area (Å²) in [4.78, 5) is 12.3. The van der Waals surface area contributed by atoms with Crippen LogP contribution in [0.25, 0.3) is 0 Å². The van der Waals surface area contributed by atoms with Crippen LogP contribution < -0.4 is 0 Å². The highest BCUT2D eigenvalue weighted by Crippen LogP contribution is 2.12. The van der Waals surface area contributed by atoms with E-state index in [1.165, 1.54) is 12.0 Å². The minimum absolute atomic E-state index is 0.142. The number of nitrogens with zero attached hydrogens (tertiary/aromatic N) is 1. The molecule has 0 fully saturated rings. The quantitative estimate of drug-likeness (QED) is 0.697. The van der Waals surface area contributed by atoms with Crippen LogP contribution in [0.4, 0.5) is 4.79 Å². The van der Waals surface area contributed by atoms with E-state index in [4.69, 9.17) is 19.7 Å². The second kappa shape index (κ2) is 7.47. The van der Waals surface area contributed by atoms with Gasteiger partial charge in [-0.1, -0.05) is 0 Å². The lowest BCUT2D eigenvalue weighted by Crippen LogP contribution is -2.47. The van der Waals surface area contributed by atoms with Crippen molar-refractivity contribution in [3.05, 3.63) is 0 Å². The summed E-state index contributed by atoms with van der Waals surface area (Å²) in [7, 11) is 1.52. The van der Waals surface area contributed by atoms with Crippen molar-refractivity contribution >= 4 is 6.09 Å². The lowest BCUT2D eigenvalue weighted by atomic mass is 10.1. The monoisotopic (exact) mass is 249 g/mol. The highest BCUT2D eigenvalue weighted by molar-refractivity contribution is 5.65. The van der Waals surface area contributed by atoms with Gasteiger partial charge in [-0.05, 0) is 20.8 Å². The molecule has 0 bridgehead atoms. The Bertz CT molecular complexity index is 226. The van der Waals surface area contributed by atoms with Crippen LogP contribution in [-0.2, 0) is 9.47 Å².